The molecule has 162 valence electrons. The van der Waals surface area contributed by atoms with Crippen LogP contribution >= 0.6 is 0 Å². The highest BCUT2D eigenvalue weighted by atomic mass is 16.6. The first-order valence-corrected chi connectivity index (χ1v) is 11.2. The zero-order chi connectivity index (χ0) is 22.3. The average molecular weight is 433 g/mol. The predicted molar refractivity (Wildman–Crippen MR) is 128 cm³/mol. The number of rotatable bonds is 4. The van der Waals surface area contributed by atoms with Gasteiger partial charge in [-0.15, -0.1) is 4.81 Å². The summed E-state index contributed by atoms with van der Waals surface area (Å²) < 4.78 is 6.86. The largest absolute Gasteiger partial charge is 0.340 e. The Balaban J connectivity index is 1.67. The molecule has 3 atom stereocenters. The van der Waals surface area contributed by atoms with E-state index >= 15 is 0 Å². The van der Waals surface area contributed by atoms with E-state index in [0.717, 1.165) is 22.5 Å². The summed E-state index contributed by atoms with van der Waals surface area (Å²) in [5, 5.41) is 5.20. The minimum absolute atomic E-state index is 0.266. The number of benzene rings is 4. The van der Waals surface area contributed by atoms with Crippen LogP contribution in [0.2, 0.25) is 0 Å². The third-order valence-corrected chi connectivity index (χ3v) is 6.36. The van der Waals surface area contributed by atoms with Crippen molar-refractivity contribution >= 4 is 11.4 Å². The zero-order valence-electron chi connectivity index (χ0n) is 18.3. The summed E-state index contributed by atoms with van der Waals surface area (Å²) in [6, 6.07) is 40.9. The lowest BCUT2D eigenvalue weighted by Crippen LogP contribution is -2.51. The van der Waals surface area contributed by atoms with Gasteiger partial charge in [0.05, 0.1) is 0 Å². The Morgan fingerprint density at radius 2 is 1.24 bits per heavy atom. The van der Waals surface area contributed by atoms with Crippen LogP contribution in [-0.2, 0) is 16.1 Å². The smallest absolute Gasteiger partial charge is 0.225 e. The summed E-state index contributed by atoms with van der Waals surface area (Å²) in [5.74, 6) is 0. The summed E-state index contributed by atoms with van der Waals surface area (Å²) in [4.78, 5) is 3.99. The van der Waals surface area contributed by atoms with Crippen LogP contribution in [0.1, 0.15) is 18.1 Å². The lowest BCUT2D eigenvalue weighted by Gasteiger charge is -2.44. The van der Waals surface area contributed by atoms with Crippen molar-refractivity contribution in [3.8, 4) is 0 Å². The van der Waals surface area contributed by atoms with Crippen molar-refractivity contribution in [2.75, 3.05) is 4.90 Å². The van der Waals surface area contributed by atoms with Gasteiger partial charge in [-0.3, -0.25) is 0 Å². The van der Waals surface area contributed by atoms with Gasteiger partial charge in [-0.2, -0.15) is 10.5 Å². The van der Waals surface area contributed by atoms with Crippen LogP contribution in [0.4, 0.5) is 11.4 Å². The monoisotopic (exact) mass is 432 g/mol. The van der Waals surface area contributed by atoms with Crippen molar-refractivity contribution in [2.45, 2.75) is 24.5 Å². The molecular weight excluding hydrogens is 408 g/mol. The SMILES string of the molecule is C[C@@H]1O[C@@]2(c3ccccc3)N=[N+](c3ccccc3)[N-][C@@]2(c2ccccc2)N1c1ccccc1. The van der Waals surface area contributed by atoms with Crippen LogP contribution in [0.5, 0.6) is 0 Å². The lowest BCUT2D eigenvalue weighted by atomic mass is 9.83. The number of azo groups is 1. The molecule has 0 bridgehead atoms. The molecule has 1 fully saturated rings. The van der Waals surface area contributed by atoms with Gasteiger partial charge in [-0.1, -0.05) is 97.1 Å². The molecule has 33 heavy (non-hydrogen) atoms. The van der Waals surface area contributed by atoms with Crippen LogP contribution in [-0.4, -0.2) is 11.0 Å². The Labute approximate surface area is 193 Å². The number of hydrogen-bond donors (Lipinski definition) is 0. The molecule has 0 spiro atoms. The third-order valence-electron chi connectivity index (χ3n) is 6.36. The van der Waals surface area contributed by atoms with Crippen molar-refractivity contribution in [2.24, 2.45) is 5.11 Å². The second-order valence-electron chi connectivity index (χ2n) is 8.30. The van der Waals surface area contributed by atoms with E-state index in [9.17, 15) is 0 Å². The molecule has 0 saturated carbocycles. The fraction of sp³-hybridized carbons (Fsp3) is 0.143. The van der Waals surface area contributed by atoms with Crippen LogP contribution in [0.15, 0.2) is 126 Å². The van der Waals surface area contributed by atoms with E-state index in [4.69, 9.17) is 15.3 Å². The Kier molecular flexibility index (Phi) is 4.52. The van der Waals surface area contributed by atoms with E-state index in [-0.39, 0.29) is 6.23 Å². The molecule has 0 amide bonds. The maximum Gasteiger partial charge on any atom is 0.225 e. The number of anilines is 1. The molecule has 5 nitrogen and oxygen atoms in total. The van der Waals surface area contributed by atoms with Crippen LogP contribution in [0.3, 0.4) is 0 Å². The van der Waals surface area contributed by atoms with Crippen molar-refractivity contribution in [3.63, 3.8) is 0 Å². The minimum atomic E-state index is -1.07. The summed E-state index contributed by atoms with van der Waals surface area (Å²) in [5.41, 5.74) is 7.24. The molecule has 1 saturated heterocycles. The number of nitrogens with zero attached hydrogens (tertiary/aromatic N) is 4. The summed E-state index contributed by atoms with van der Waals surface area (Å²) in [6.07, 6.45) is -0.266. The van der Waals surface area contributed by atoms with Crippen LogP contribution in [0.25, 0.3) is 5.43 Å². The van der Waals surface area contributed by atoms with E-state index in [1.165, 1.54) is 0 Å². The highest BCUT2D eigenvalue weighted by Crippen LogP contribution is 2.63. The van der Waals surface area contributed by atoms with E-state index < -0.39 is 11.4 Å². The van der Waals surface area contributed by atoms with E-state index in [2.05, 4.69) is 48.2 Å². The summed E-state index contributed by atoms with van der Waals surface area (Å²) >= 11 is 0. The van der Waals surface area contributed by atoms with Gasteiger partial charge < -0.3 is 9.64 Å². The van der Waals surface area contributed by atoms with E-state index in [1.54, 1.807) is 4.81 Å². The minimum Gasteiger partial charge on any atom is -0.340 e. The molecule has 0 radical (unpaired) electrons. The molecule has 2 heterocycles. The molecular formula is C28H24N4O. The molecule has 5 heteroatoms. The lowest BCUT2D eigenvalue weighted by molar-refractivity contribution is -0.462. The molecule has 4 aromatic rings. The van der Waals surface area contributed by atoms with Crippen molar-refractivity contribution in [1.82, 2.24) is 0 Å². The van der Waals surface area contributed by atoms with Gasteiger partial charge in [0, 0.05) is 17.8 Å². The quantitative estimate of drug-likeness (QED) is 0.338. The maximum atomic E-state index is 6.86. The van der Waals surface area contributed by atoms with Gasteiger partial charge in [-0.25, -0.2) is 0 Å². The highest BCUT2D eigenvalue weighted by Gasteiger charge is 2.67. The summed E-state index contributed by atoms with van der Waals surface area (Å²) in [7, 11) is 0. The Hall–Kier alpha value is -3.96. The van der Waals surface area contributed by atoms with Gasteiger partial charge in [0.25, 0.3) is 0 Å². The highest BCUT2D eigenvalue weighted by molar-refractivity contribution is 5.59. The van der Waals surface area contributed by atoms with Crippen molar-refractivity contribution < 1.29 is 9.54 Å². The molecule has 0 unspecified atom stereocenters. The number of fused-ring (bicyclic) bond motifs is 1. The normalized spacial score (nSPS) is 25.9. The molecule has 0 N–H and O–H groups in total. The number of ether oxygens (including phenoxy) is 1. The maximum absolute atomic E-state index is 6.86. The second-order valence-corrected chi connectivity index (χ2v) is 8.30. The van der Waals surface area contributed by atoms with E-state index in [0.29, 0.717) is 0 Å². The number of para-hydroxylation sites is 2. The molecule has 2 aliphatic heterocycles. The third kappa shape index (κ3) is 2.82. The van der Waals surface area contributed by atoms with Gasteiger partial charge in [0.1, 0.15) is 6.23 Å². The molecule has 2 aliphatic rings. The van der Waals surface area contributed by atoms with Gasteiger partial charge in [0.15, 0.2) is 11.4 Å². The first-order valence-electron chi connectivity index (χ1n) is 11.2. The Morgan fingerprint density at radius 3 is 1.85 bits per heavy atom. The molecule has 6 rings (SSSR count). The van der Waals surface area contributed by atoms with Gasteiger partial charge >= 0.3 is 0 Å². The molecule has 4 aromatic carbocycles. The van der Waals surface area contributed by atoms with E-state index in [1.807, 2.05) is 84.9 Å². The first kappa shape index (κ1) is 19.7. The average Bonchev–Trinajstić information content (AvgIpc) is 3.35. The number of hydrogen-bond acceptors (Lipinski definition) is 3. The van der Waals surface area contributed by atoms with Gasteiger partial charge in [-0.05, 0) is 30.2 Å². The van der Waals surface area contributed by atoms with Crippen LogP contribution < -0.4 is 4.90 Å². The fourth-order valence-corrected chi connectivity index (χ4v) is 5.03. The molecule has 0 aromatic heterocycles. The van der Waals surface area contributed by atoms with Crippen molar-refractivity contribution in [3.05, 3.63) is 138 Å². The first-order chi connectivity index (χ1) is 16.2. The summed E-state index contributed by atoms with van der Waals surface area (Å²) in [6.45, 7) is 2.07. The molecule has 0 aliphatic carbocycles. The topological polar surface area (TPSA) is 41.9 Å². The Morgan fingerprint density at radius 1 is 0.727 bits per heavy atom. The van der Waals surface area contributed by atoms with Gasteiger partial charge in [0.2, 0.25) is 5.69 Å². The Bertz CT molecular complexity index is 1280. The fourth-order valence-electron chi connectivity index (χ4n) is 5.03. The van der Waals surface area contributed by atoms with Crippen LogP contribution in [0, 0.1) is 0 Å². The predicted octanol–water partition coefficient (Wildman–Crippen LogP) is 6.67. The second kappa shape index (κ2) is 7.57. The zero-order valence-corrected chi connectivity index (χ0v) is 18.3. The standard InChI is InChI=1S/C28H24N4O/c1-22-31(25-18-10-4-11-19-25)27(23-14-6-2-7-15-23)28(33-22,24-16-8-3-9-17-24)30-32(29-27)26-20-12-5-13-21-26/h2-22H,1H3/t22-,27-,28+/m0/s1. The van der Waals surface area contributed by atoms with Crippen molar-refractivity contribution in [1.29, 1.82) is 0 Å².